The normalized spacial score (nSPS) is 33.1. The van der Waals surface area contributed by atoms with Gasteiger partial charge in [-0.05, 0) is 30.3 Å². The maximum Gasteiger partial charge on any atom is 0.0745 e. The van der Waals surface area contributed by atoms with Gasteiger partial charge in [-0.25, -0.2) is 0 Å². The van der Waals surface area contributed by atoms with Crippen molar-refractivity contribution in [1.29, 1.82) is 0 Å². The number of nitrogens with one attached hydrogen (secondary N) is 1. The van der Waals surface area contributed by atoms with E-state index in [2.05, 4.69) is 29.8 Å². The van der Waals surface area contributed by atoms with Crippen molar-refractivity contribution in [2.45, 2.75) is 25.4 Å². The standard InChI is InChI=1S/C11H17NOS/c1-9-8-12-5-4-11(9,13)7-10-3-2-6-14-10/h2-3,6,9,12-13H,4-5,7-8H2,1H3. The van der Waals surface area contributed by atoms with E-state index >= 15 is 0 Å². The summed E-state index contributed by atoms with van der Waals surface area (Å²) in [5.74, 6) is 0.346. The van der Waals surface area contributed by atoms with E-state index in [9.17, 15) is 5.11 Å². The number of piperidine rings is 1. The fraction of sp³-hybridized carbons (Fsp3) is 0.636. The van der Waals surface area contributed by atoms with Crippen LogP contribution >= 0.6 is 11.3 Å². The number of thiophene rings is 1. The molecule has 2 rings (SSSR count). The summed E-state index contributed by atoms with van der Waals surface area (Å²) in [7, 11) is 0. The summed E-state index contributed by atoms with van der Waals surface area (Å²) in [5.41, 5.74) is -0.490. The van der Waals surface area contributed by atoms with Gasteiger partial charge in [-0.2, -0.15) is 0 Å². The Morgan fingerprint density at radius 1 is 1.71 bits per heavy atom. The smallest absolute Gasteiger partial charge is 0.0745 e. The summed E-state index contributed by atoms with van der Waals surface area (Å²) < 4.78 is 0. The van der Waals surface area contributed by atoms with Crippen LogP contribution in [0.5, 0.6) is 0 Å². The summed E-state index contributed by atoms with van der Waals surface area (Å²) in [4.78, 5) is 1.29. The van der Waals surface area contributed by atoms with Gasteiger partial charge in [-0.1, -0.05) is 13.0 Å². The van der Waals surface area contributed by atoms with Crippen molar-refractivity contribution < 1.29 is 5.11 Å². The molecule has 2 N–H and O–H groups in total. The summed E-state index contributed by atoms with van der Waals surface area (Å²) in [5, 5.41) is 15.9. The average Bonchev–Trinajstić information content (AvgIpc) is 2.63. The molecule has 0 bridgehead atoms. The second kappa shape index (κ2) is 4.01. The van der Waals surface area contributed by atoms with E-state index < -0.39 is 5.60 Å². The van der Waals surface area contributed by atoms with Gasteiger partial charge >= 0.3 is 0 Å². The molecule has 1 fully saturated rings. The van der Waals surface area contributed by atoms with Crippen LogP contribution in [0.4, 0.5) is 0 Å². The molecule has 3 heteroatoms. The largest absolute Gasteiger partial charge is 0.389 e. The summed E-state index contributed by atoms with van der Waals surface area (Å²) in [6, 6.07) is 4.16. The average molecular weight is 211 g/mol. The molecule has 2 atom stereocenters. The highest BCUT2D eigenvalue weighted by atomic mass is 32.1. The zero-order valence-electron chi connectivity index (χ0n) is 8.49. The molecule has 1 aliphatic rings. The third-order valence-corrected chi connectivity index (χ3v) is 4.04. The van der Waals surface area contributed by atoms with Crippen LogP contribution in [0.2, 0.25) is 0 Å². The van der Waals surface area contributed by atoms with Crippen LogP contribution in [-0.4, -0.2) is 23.8 Å². The zero-order chi connectivity index (χ0) is 10.0. The summed E-state index contributed by atoms with van der Waals surface area (Å²) in [6.45, 7) is 3.99. The highest BCUT2D eigenvalue weighted by Gasteiger charge is 2.36. The number of hydrogen-bond acceptors (Lipinski definition) is 3. The molecule has 1 aromatic heterocycles. The fourth-order valence-electron chi connectivity index (χ4n) is 2.04. The Morgan fingerprint density at radius 3 is 3.21 bits per heavy atom. The lowest BCUT2D eigenvalue weighted by Crippen LogP contribution is -2.50. The minimum Gasteiger partial charge on any atom is -0.389 e. The monoisotopic (exact) mass is 211 g/mol. The Morgan fingerprint density at radius 2 is 2.57 bits per heavy atom. The van der Waals surface area contributed by atoms with Crippen LogP contribution in [0.1, 0.15) is 18.2 Å². The number of aliphatic hydroxyl groups is 1. The van der Waals surface area contributed by atoms with E-state index in [1.54, 1.807) is 11.3 Å². The highest BCUT2D eigenvalue weighted by molar-refractivity contribution is 7.09. The van der Waals surface area contributed by atoms with E-state index in [1.807, 2.05) is 0 Å². The van der Waals surface area contributed by atoms with Gasteiger partial charge in [-0.15, -0.1) is 11.3 Å². The second-order valence-electron chi connectivity index (χ2n) is 4.21. The maximum atomic E-state index is 10.5. The summed E-state index contributed by atoms with van der Waals surface area (Å²) >= 11 is 1.74. The first kappa shape index (κ1) is 10.1. The van der Waals surface area contributed by atoms with Crippen LogP contribution < -0.4 is 5.32 Å². The molecule has 0 radical (unpaired) electrons. The van der Waals surface area contributed by atoms with E-state index in [0.29, 0.717) is 5.92 Å². The van der Waals surface area contributed by atoms with E-state index in [1.165, 1.54) is 4.88 Å². The Bertz CT molecular complexity index is 285. The third kappa shape index (κ3) is 2.00. The van der Waals surface area contributed by atoms with Crippen LogP contribution in [0.3, 0.4) is 0 Å². The lowest BCUT2D eigenvalue weighted by molar-refractivity contribution is -0.0323. The molecular formula is C11H17NOS. The molecule has 1 saturated heterocycles. The molecule has 0 aromatic carbocycles. The van der Waals surface area contributed by atoms with Gasteiger partial charge in [0.25, 0.3) is 0 Å². The quantitative estimate of drug-likeness (QED) is 0.779. The van der Waals surface area contributed by atoms with Gasteiger partial charge in [0, 0.05) is 17.8 Å². The van der Waals surface area contributed by atoms with Crippen LogP contribution in [0.15, 0.2) is 17.5 Å². The molecule has 14 heavy (non-hydrogen) atoms. The predicted octanol–water partition coefficient (Wildman–Crippen LogP) is 1.65. The van der Waals surface area contributed by atoms with Gasteiger partial charge in [0.15, 0.2) is 0 Å². The Labute approximate surface area is 89.0 Å². The molecule has 78 valence electrons. The second-order valence-corrected chi connectivity index (χ2v) is 5.25. The molecule has 0 saturated carbocycles. The van der Waals surface area contributed by atoms with E-state index in [4.69, 9.17) is 0 Å². The molecule has 2 unspecified atom stereocenters. The fourth-order valence-corrected chi connectivity index (χ4v) is 2.86. The lowest BCUT2D eigenvalue weighted by atomic mass is 9.80. The van der Waals surface area contributed by atoms with Crippen molar-refractivity contribution in [2.75, 3.05) is 13.1 Å². The zero-order valence-corrected chi connectivity index (χ0v) is 9.31. The van der Waals surface area contributed by atoms with Crippen molar-refractivity contribution in [2.24, 2.45) is 5.92 Å². The van der Waals surface area contributed by atoms with Crippen LogP contribution in [0.25, 0.3) is 0 Å². The molecule has 2 nitrogen and oxygen atoms in total. The van der Waals surface area contributed by atoms with E-state index in [-0.39, 0.29) is 0 Å². The predicted molar refractivity (Wildman–Crippen MR) is 59.6 cm³/mol. The van der Waals surface area contributed by atoms with Gasteiger partial charge in [-0.3, -0.25) is 0 Å². The van der Waals surface area contributed by atoms with Crippen molar-refractivity contribution in [3.05, 3.63) is 22.4 Å². The maximum absolute atomic E-state index is 10.5. The van der Waals surface area contributed by atoms with Gasteiger partial charge in [0.1, 0.15) is 0 Å². The topological polar surface area (TPSA) is 32.3 Å². The van der Waals surface area contributed by atoms with Crippen molar-refractivity contribution in [3.8, 4) is 0 Å². The van der Waals surface area contributed by atoms with Crippen molar-refractivity contribution in [3.63, 3.8) is 0 Å². The number of rotatable bonds is 2. The molecule has 0 amide bonds. The first-order valence-electron chi connectivity index (χ1n) is 5.16. The minimum absolute atomic E-state index is 0.346. The third-order valence-electron chi connectivity index (χ3n) is 3.16. The minimum atomic E-state index is -0.490. The molecule has 1 aromatic rings. The molecule has 2 heterocycles. The van der Waals surface area contributed by atoms with E-state index in [0.717, 1.165) is 25.9 Å². The first-order valence-corrected chi connectivity index (χ1v) is 6.04. The molecule has 1 aliphatic heterocycles. The van der Waals surface area contributed by atoms with Crippen molar-refractivity contribution in [1.82, 2.24) is 5.32 Å². The van der Waals surface area contributed by atoms with Crippen LogP contribution in [0, 0.1) is 5.92 Å². The molecular weight excluding hydrogens is 194 g/mol. The lowest BCUT2D eigenvalue weighted by Gasteiger charge is -2.38. The van der Waals surface area contributed by atoms with Crippen molar-refractivity contribution >= 4 is 11.3 Å². The Balaban J connectivity index is 2.07. The first-order chi connectivity index (χ1) is 6.71. The SMILES string of the molecule is CC1CNCCC1(O)Cc1cccs1. The molecule has 0 spiro atoms. The highest BCUT2D eigenvalue weighted by Crippen LogP contribution is 2.29. The van der Waals surface area contributed by atoms with Crippen LogP contribution in [-0.2, 0) is 6.42 Å². The Kier molecular flexibility index (Phi) is 2.91. The van der Waals surface area contributed by atoms with Gasteiger partial charge < -0.3 is 10.4 Å². The van der Waals surface area contributed by atoms with Gasteiger partial charge in [0.2, 0.25) is 0 Å². The molecule has 0 aliphatic carbocycles. The summed E-state index contributed by atoms with van der Waals surface area (Å²) in [6.07, 6.45) is 1.68. The number of hydrogen-bond donors (Lipinski definition) is 2. The Hall–Kier alpha value is -0.380. The van der Waals surface area contributed by atoms with Gasteiger partial charge in [0.05, 0.1) is 5.60 Å².